The van der Waals surface area contributed by atoms with Gasteiger partial charge in [-0.3, -0.25) is 14.3 Å². The molecule has 0 unspecified atom stereocenters. The van der Waals surface area contributed by atoms with Crippen LogP contribution in [0.3, 0.4) is 0 Å². The number of nitrogens with zero attached hydrogens (tertiary/aromatic N) is 2. The second-order valence-corrected chi connectivity index (χ2v) is 7.38. The average Bonchev–Trinajstić information content (AvgIpc) is 2.97. The molecule has 2 rings (SSSR count). The first kappa shape index (κ1) is 16.7. The Labute approximate surface area is 136 Å². The van der Waals surface area contributed by atoms with Gasteiger partial charge in [-0.05, 0) is 6.08 Å². The summed E-state index contributed by atoms with van der Waals surface area (Å²) in [7, 11) is 0. The maximum absolute atomic E-state index is 12.0. The zero-order valence-corrected chi connectivity index (χ0v) is 14.3. The van der Waals surface area contributed by atoms with Crippen LogP contribution in [0, 0.1) is 5.41 Å². The zero-order chi connectivity index (χ0) is 16.3. The molecule has 7 heteroatoms. The predicted octanol–water partition coefficient (Wildman–Crippen LogP) is 1.10. The van der Waals surface area contributed by atoms with E-state index in [4.69, 9.17) is 11.6 Å². The number of rotatable bonds is 4. The Morgan fingerprint density at radius 1 is 1.50 bits per heavy atom. The van der Waals surface area contributed by atoms with Gasteiger partial charge in [-0.15, -0.1) is 22.9 Å². The van der Waals surface area contributed by atoms with E-state index in [0.29, 0.717) is 21.6 Å². The Hall–Kier alpha value is -1.66. The van der Waals surface area contributed by atoms with Crippen molar-refractivity contribution >= 4 is 40.9 Å². The molecule has 118 valence electrons. The van der Waals surface area contributed by atoms with Crippen molar-refractivity contribution in [3.8, 4) is 0 Å². The standard InChI is InChI=1S/C15H18ClN3O2S/c1-15(2,3)12(20)7-13-18-14(21)11(22-13)6-10-8-17-19(9-10)5-4-16/h6-9H,4-5H2,1-3H3,(H,18,21). The SMILES string of the molecule is CC(C)(C)C(=O)C=c1[nH]c(=O)c(=Cc2cnn(CCCl)c2)s1. The normalized spacial score (nSPS) is 13.8. The largest absolute Gasteiger partial charge is 0.313 e. The first-order chi connectivity index (χ1) is 10.3. The zero-order valence-electron chi connectivity index (χ0n) is 12.7. The number of aromatic nitrogens is 3. The second-order valence-electron chi connectivity index (χ2n) is 5.91. The number of halogens is 1. The van der Waals surface area contributed by atoms with Gasteiger partial charge >= 0.3 is 0 Å². The Morgan fingerprint density at radius 2 is 2.23 bits per heavy atom. The summed E-state index contributed by atoms with van der Waals surface area (Å²) >= 11 is 6.92. The molecule has 0 bridgehead atoms. The number of aromatic amines is 1. The molecule has 22 heavy (non-hydrogen) atoms. The van der Waals surface area contributed by atoms with Crippen molar-refractivity contribution in [3.05, 3.63) is 37.5 Å². The molecule has 0 amide bonds. The van der Waals surface area contributed by atoms with Crippen LogP contribution in [-0.4, -0.2) is 26.4 Å². The van der Waals surface area contributed by atoms with E-state index in [1.165, 1.54) is 17.4 Å². The van der Waals surface area contributed by atoms with E-state index >= 15 is 0 Å². The molecule has 0 saturated heterocycles. The molecule has 0 aromatic carbocycles. The monoisotopic (exact) mass is 339 g/mol. The Bertz CT molecular complexity index is 839. The number of aryl methyl sites for hydroxylation is 1. The topological polar surface area (TPSA) is 67.8 Å². The van der Waals surface area contributed by atoms with E-state index in [-0.39, 0.29) is 11.3 Å². The van der Waals surface area contributed by atoms with Crippen LogP contribution < -0.4 is 14.8 Å². The molecule has 0 saturated carbocycles. The van der Waals surface area contributed by atoms with Gasteiger partial charge in [0.25, 0.3) is 5.56 Å². The molecule has 0 radical (unpaired) electrons. The fourth-order valence-corrected chi connectivity index (χ4v) is 2.73. The Morgan fingerprint density at radius 3 is 2.86 bits per heavy atom. The number of alkyl halides is 1. The predicted molar refractivity (Wildman–Crippen MR) is 89.6 cm³/mol. The first-order valence-electron chi connectivity index (χ1n) is 6.85. The number of hydrogen-bond donors (Lipinski definition) is 1. The van der Waals surface area contributed by atoms with Crippen LogP contribution in [0.2, 0.25) is 0 Å². The molecule has 2 heterocycles. The molecule has 0 fully saturated rings. The van der Waals surface area contributed by atoms with E-state index < -0.39 is 5.41 Å². The number of thiazole rings is 1. The van der Waals surface area contributed by atoms with Crippen LogP contribution in [0.5, 0.6) is 0 Å². The molecule has 0 aliphatic rings. The third kappa shape index (κ3) is 4.18. The maximum Gasteiger partial charge on any atom is 0.266 e. The van der Waals surface area contributed by atoms with Crippen molar-refractivity contribution in [1.82, 2.24) is 14.8 Å². The van der Waals surface area contributed by atoms with Crippen LogP contribution in [0.15, 0.2) is 17.2 Å². The van der Waals surface area contributed by atoms with E-state index in [1.807, 2.05) is 27.0 Å². The van der Waals surface area contributed by atoms with Gasteiger partial charge in [-0.1, -0.05) is 20.8 Å². The average molecular weight is 340 g/mol. The van der Waals surface area contributed by atoms with E-state index in [1.54, 1.807) is 17.0 Å². The quantitative estimate of drug-likeness (QED) is 0.848. The summed E-state index contributed by atoms with van der Waals surface area (Å²) in [5.74, 6) is 0.459. The third-order valence-corrected chi connectivity index (χ3v) is 4.08. The lowest BCUT2D eigenvalue weighted by atomic mass is 9.91. The number of Topliss-reactive ketones (excluding diaryl/α,β-unsaturated/α-hetero) is 1. The highest BCUT2D eigenvalue weighted by molar-refractivity contribution is 7.07. The van der Waals surface area contributed by atoms with Crippen LogP contribution in [0.1, 0.15) is 26.3 Å². The van der Waals surface area contributed by atoms with Crippen molar-refractivity contribution in [2.75, 3.05) is 5.88 Å². The number of ketones is 1. The fraction of sp³-hybridized carbons (Fsp3) is 0.400. The molecule has 5 nitrogen and oxygen atoms in total. The molecular weight excluding hydrogens is 322 g/mol. The minimum atomic E-state index is -0.465. The van der Waals surface area contributed by atoms with Crippen molar-refractivity contribution in [3.63, 3.8) is 0 Å². The minimum absolute atomic E-state index is 0.0218. The second kappa shape index (κ2) is 6.62. The first-order valence-corrected chi connectivity index (χ1v) is 8.20. The summed E-state index contributed by atoms with van der Waals surface area (Å²) in [6.07, 6.45) is 6.74. The van der Waals surface area contributed by atoms with Crippen LogP contribution in [-0.2, 0) is 11.3 Å². The molecule has 0 aliphatic carbocycles. The number of hydrogen-bond acceptors (Lipinski definition) is 4. The number of H-pyrrole nitrogens is 1. The lowest BCUT2D eigenvalue weighted by Crippen LogP contribution is -2.22. The molecule has 0 aliphatic heterocycles. The number of carbonyl (C=O) groups is 1. The fourth-order valence-electron chi connectivity index (χ4n) is 1.67. The third-order valence-electron chi connectivity index (χ3n) is 2.95. The summed E-state index contributed by atoms with van der Waals surface area (Å²) in [6, 6.07) is 0. The molecule has 2 aromatic rings. The number of carbonyl (C=O) groups excluding carboxylic acids is 1. The van der Waals surface area contributed by atoms with Gasteiger partial charge in [-0.25, -0.2) is 0 Å². The van der Waals surface area contributed by atoms with Gasteiger partial charge in [0.2, 0.25) is 0 Å². The van der Waals surface area contributed by atoms with Gasteiger partial charge in [0.05, 0.1) is 21.9 Å². The van der Waals surface area contributed by atoms with Crippen LogP contribution >= 0.6 is 22.9 Å². The molecule has 0 atom stereocenters. The van der Waals surface area contributed by atoms with E-state index in [0.717, 1.165) is 5.56 Å². The van der Waals surface area contributed by atoms with Gasteiger partial charge in [0.15, 0.2) is 5.78 Å². The highest BCUT2D eigenvalue weighted by Gasteiger charge is 2.18. The lowest BCUT2D eigenvalue weighted by molar-refractivity contribution is -0.119. The van der Waals surface area contributed by atoms with Gasteiger partial charge in [0.1, 0.15) is 0 Å². The van der Waals surface area contributed by atoms with Crippen molar-refractivity contribution in [2.24, 2.45) is 5.41 Å². The summed E-state index contributed by atoms with van der Waals surface area (Å²) in [4.78, 5) is 26.6. The molecule has 1 N–H and O–H groups in total. The van der Waals surface area contributed by atoms with E-state index in [9.17, 15) is 9.59 Å². The summed E-state index contributed by atoms with van der Waals surface area (Å²) in [5.41, 5.74) is 0.155. The van der Waals surface area contributed by atoms with Crippen molar-refractivity contribution in [2.45, 2.75) is 27.3 Å². The highest BCUT2D eigenvalue weighted by Crippen LogP contribution is 2.14. The highest BCUT2D eigenvalue weighted by atomic mass is 35.5. The smallest absolute Gasteiger partial charge is 0.266 e. The Balaban J connectivity index is 2.37. The van der Waals surface area contributed by atoms with Gasteiger partial charge < -0.3 is 4.98 Å². The number of nitrogens with one attached hydrogen (secondary N) is 1. The van der Waals surface area contributed by atoms with Crippen molar-refractivity contribution in [1.29, 1.82) is 0 Å². The molecule has 2 aromatic heterocycles. The maximum atomic E-state index is 12.0. The van der Waals surface area contributed by atoms with Crippen molar-refractivity contribution < 1.29 is 4.79 Å². The molecule has 0 spiro atoms. The summed E-state index contributed by atoms with van der Waals surface area (Å²) in [6.45, 7) is 6.15. The molecular formula is C15H18ClN3O2S. The summed E-state index contributed by atoms with van der Waals surface area (Å²) in [5, 5.41) is 4.15. The Kier molecular flexibility index (Phi) is 5.03. The summed E-state index contributed by atoms with van der Waals surface area (Å²) < 4.78 is 2.82. The van der Waals surface area contributed by atoms with Gasteiger partial charge in [0, 0.05) is 29.1 Å². The van der Waals surface area contributed by atoms with Crippen LogP contribution in [0.25, 0.3) is 12.2 Å². The minimum Gasteiger partial charge on any atom is -0.313 e. The van der Waals surface area contributed by atoms with E-state index in [2.05, 4.69) is 10.1 Å². The lowest BCUT2D eigenvalue weighted by Gasteiger charge is -2.12. The van der Waals surface area contributed by atoms with Crippen LogP contribution in [0.4, 0.5) is 0 Å². The van der Waals surface area contributed by atoms with Gasteiger partial charge in [-0.2, -0.15) is 5.10 Å².